The average Bonchev–Trinajstić information content (AvgIpc) is 4.04. The first kappa shape index (κ1) is 44.1. The average molecular weight is 1070 g/mol. The molecule has 6 heteroatoms. The molecule has 1 aliphatic heterocycles. The molecule has 11 aromatic rings. The number of hydrazone groups is 1. The Kier molecular flexibility index (Phi) is 13.0. The molecule has 0 unspecified atom stereocenters. The van der Waals surface area contributed by atoms with E-state index in [0.29, 0.717) is 0 Å². The van der Waals surface area contributed by atoms with Crippen molar-refractivity contribution in [1.29, 1.82) is 0 Å². The quantitative estimate of drug-likeness (QED) is 0.0820. The van der Waals surface area contributed by atoms with Crippen LogP contribution in [0.5, 0.6) is 0 Å². The van der Waals surface area contributed by atoms with E-state index in [1.54, 1.807) is 0 Å². The van der Waals surface area contributed by atoms with Crippen LogP contribution in [0.4, 0.5) is 11.4 Å². The largest absolute Gasteiger partial charge is 0.657 e. The van der Waals surface area contributed by atoms with E-state index in [-0.39, 0.29) is 22.4 Å². The van der Waals surface area contributed by atoms with Crippen molar-refractivity contribution in [2.24, 2.45) is 5.10 Å². The minimum absolute atomic E-state index is 0. The van der Waals surface area contributed by atoms with E-state index in [4.69, 9.17) is 5.10 Å². The third-order valence-electron chi connectivity index (χ3n) is 12.6. The monoisotopic (exact) mass is 1070 g/mol. The van der Waals surface area contributed by atoms with E-state index in [2.05, 4.69) is 282 Å². The first-order chi connectivity index (χ1) is 33.3. The van der Waals surface area contributed by atoms with Crippen molar-refractivity contribution in [3.63, 3.8) is 0 Å². The second-order valence-electron chi connectivity index (χ2n) is 16.6. The number of benzene rings is 10. The normalized spacial score (nSPS) is 12.3. The van der Waals surface area contributed by atoms with Gasteiger partial charge in [-0.2, -0.15) is 5.10 Å². The molecule has 0 aliphatic carbocycles. The van der Waals surface area contributed by atoms with Gasteiger partial charge in [0, 0.05) is 50.4 Å². The molecular formula is C62H46AuN4Si-2. The Balaban J connectivity index is 0.000000329. The van der Waals surface area contributed by atoms with E-state index in [9.17, 15) is 0 Å². The molecule has 0 fully saturated rings. The van der Waals surface area contributed by atoms with E-state index in [0.717, 1.165) is 56.1 Å². The number of aromatic nitrogens is 1. The molecule has 1 radical (unpaired) electrons. The van der Waals surface area contributed by atoms with Crippen molar-refractivity contribution in [1.82, 2.24) is 4.98 Å². The van der Waals surface area contributed by atoms with Crippen LogP contribution in [0.3, 0.4) is 0 Å². The first-order valence-electron chi connectivity index (χ1n) is 22.7. The van der Waals surface area contributed by atoms with Gasteiger partial charge in [0.25, 0.3) is 0 Å². The van der Waals surface area contributed by atoms with Gasteiger partial charge in [-0.25, -0.2) is 0 Å². The Morgan fingerprint density at radius 1 is 0.368 bits per heavy atom. The Bertz CT molecular complexity index is 3230. The Morgan fingerprint density at radius 3 is 1.22 bits per heavy atom. The zero-order valence-corrected chi connectivity index (χ0v) is 40.3. The number of rotatable bonds is 9. The minimum atomic E-state index is -2.76. The van der Waals surface area contributed by atoms with Crippen LogP contribution in [0.1, 0.15) is 5.56 Å². The summed E-state index contributed by atoms with van der Waals surface area (Å²) >= 11 is 0. The zero-order chi connectivity index (χ0) is 44.8. The Labute approximate surface area is 415 Å². The van der Waals surface area contributed by atoms with Crippen LogP contribution in [0.25, 0.3) is 44.1 Å². The molecule has 0 bridgehead atoms. The van der Waals surface area contributed by atoms with Crippen LogP contribution in [0.2, 0.25) is 0 Å². The van der Waals surface area contributed by atoms with Crippen molar-refractivity contribution < 1.29 is 22.4 Å². The molecule has 0 saturated carbocycles. The second kappa shape index (κ2) is 20.0. The third kappa shape index (κ3) is 8.45. The van der Waals surface area contributed by atoms with Crippen molar-refractivity contribution in [3.05, 3.63) is 285 Å². The molecule has 1 aliphatic rings. The van der Waals surface area contributed by atoms with Gasteiger partial charge in [-0.15, -0.1) is 17.7 Å². The maximum atomic E-state index is 5.46. The van der Waals surface area contributed by atoms with Gasteiger partial charge in [0.2, 0.25) is 0 Å². The Morgan fingerprint density at radius 2 is 0.750 bits per heavy atom. The van der Waals surface area contributed by atoms with Crippen molar-refractivity contribution in [2.75, 3.05) is 9.91 Å². The van der Waals surface area contributed by atoms with Gasteiger partial charge in [-0.05, 0) is 54.8 Å². The molecular weight excluding hydrogens is 1030 g/mol. The van der Waals surface area contributed by atoms with Crippen molar-refractivity contribution in [3.8, 4) is 22.3 Å². The van der Waals surface area contributed by atoms with E-state index < -0.39 is 8.07 Å². The second-order valence-corrected chi connectivity index (χ2v) is 20.4. The molecule has 10 aromatic carbocycles. The van der Waals surface area contributed by atoms with Crippen LogP contribution < -0.4 is 35.6 Å². The summed E-state index contributed by atoms with van der Waals surface area (Å²) in [5, 5.41) is 15.4. The number of para-hydroxylation sites is 3. The predicted octanol–water partition coefficient (Wildman–Crippen LogP) is 12.2. The van der Waals surface area contributed by atoms with Gasteiger partial charge in [-0.3, -0.25) is 0 Å². The smallest absolute Gasteiger partial charge is 0.179 e. The van der Waals surface area contributed by atoms with Gasteiger partial charge in [0.15, 0.2) is 8.07 Å². The van der Waals surface area contributed by atoms with Crippen molar-refractivity contribution in [2.45, 2.75) is 0 Å². The van der Waals surface area contributed by atoms with Crippen LogP contribution in [0.15, 0.2) is 278 Å². The summed E-state index contributed by atoms with van der Waals surface area (Å²) in [6.07, 6.45) is 0. The fraction of sp³-hybridized carbons (Fsp3) is 0. The van der Waals surface area contributed by atoms with Gasteiger partial charge in [0.1, 0.15) is 5.84 Å². The minimum Gasteiger partial charge on any atom is -0.657 e. The van der Waals surface area contributed by atoms with Gasteiger partial charge >= 0.3 is 0 Å². The van der Waals surface area contributed by atoms with Gasteiger partial charge < -0.3 is 14.9 Å². The number of anilines is 2. The number of nitrogens with zero attached hydrogens (tertiary/aromatic N) is 4. The SMILES string of the molecule is [Au].c1ccc(C2=NN(c3c(-c4ccccc4)cccc3-c3ccccc3)[CH-]N2c2cccc([Si](c3ccccc3)(c3ccccc3)c3ccccc3)c2)cc1.c1ccc2c(c1)[n-]c1ccccc12. The zero-order valence-electron chi connectivity index (χ0n) is 37.1. The third-order valence-corrected chi connectivity index (χ3v) is 17.4. The summed E-state index contributed by atoms with van der Waals surface area (Å²) in [5.74, 6) is 0.862. The van der Waals surface area contributed by atoms with Crippen LogP contribution >= 0.6 is 0 Å². The maximum Gasteiger partial charge on any atom is 0.179 e. The van der Waals surface area contributed by atoms with Gasteiger partial charge in [-0.1, -0.05) is 261 Å². The summed E-state index contributed by atoms with van der Waals surface area (Å²) in [5.41, 5.74) is 9.80. The molecule has 12 rings (SSSR count). The van der Waals surface area contributed by atoms with Gasteiger partial charge in [0.05, 0.1) is 0 Å². The molecule has 2 heterocycles. The summed E-state index contributed by atoms with van der Waals surface area (Å²) in [6, 6.07) is 97.2. The number of fused-ring (bicyclic) bond motifs is 3. The van der Waals surface area contributed by atoms with E-state index >= 15 is 0 Å². The summed E-state index contributed by atoms with van der Waals surface area (Å²) < 4.78 is 0. The Hall–Kier alpha value is -7.77. The molecule has 0 spiro atoms. The van der Waals surface area contributed by atoms with Crippen molar-refractivity contribution >= 4 is 67.8 Å². The van der Waals surface area contributed by atoms with E-state index in [1.807, 2.05) is 12.1 Å². The fourth-order valence-corrected chi connectivity index (χ4v) is 14.4. The summed E-state index contributed by atoms with van der Waals surface area (Å²) in [4.78, 5) is 6.77. The number of hydrogen-bond acceptors (Lipinski definition) is 3. The molecule has 0 saturated heterocycles. The molecule has 331 valence electrons. The molecule has 0 N–H and O–H groups in total. The fourth-order valence-electron chi connectivity index (χ4n) is 9.59. The van der Waals surface area contributed by atoms with E-state index in [1.165, 1.54) is 31.5 Å². The molecule has 0 atom stereocenters. The molecule has 0 amide bonds. The predicted molar refractivity (Wildman–Crippen MR) is 284 cm³/mol. The topological polar surface area (TPSA) is 32.9 Å². The summed E-state index contributed by atoms with van der Waals surface area (Å²) in [7, 11) is -2.76. The molecule has 68 heavy (non-hydrogen) atoms. The van der Waals surface area contributed by atoms with Crippen LogP contribution in [0, 0.1) is 6.67 Å². The molecule has 1 aromatic heterocycles. The standard InChI is InChI=1S/C50H38N3Si.C12H8N.Au/c1-7-21-39(22-8-1)47-35-20-36-48(40-23-9-2-10-24-40)49(47)53-38-52(50(51-53)41-25-11-3-12-26-41)42-27-19-34-46(37-42)54(43-28-13-4-14-29-43,44-30-15-5-16-31-44)45-32-17-6-18-33-45;1-3-7-11-9(5-1)10-6-2-4-8-12(10)13-11;/h1-38H;1-8H;/q2*-1;. The summed E-state index contributed by atoms with van der Waals surface area (Å²) in [6.45, 7) is 2.16. The maximum absolute atomic E-state index is 5.46. The number of hydrogen-bond donors (Lipinski definition) is 0. The molecule has 4 nitrogen and oxygen atoms in total. The first-order valence-corrected chi connectivity index (χ1v) is 24.7. The van der Waals surface area contributed by atoms with Crippen LogP contribution in [-0.2, 0) is 22.4 Å². The number of amidine groups is 1. The van der Waals surface area contributed by atoms with Crippen LogP contribution in [-0.4, -0.2) is 13.9 Å².